The Kier molecular flexibility index (Phi) is 5.69. The summed E-state index contributed by atoms with van der Waals surface area (Å²) < 4.78 is 61.2. The highest BCUT2D eigenvalue weighted by molar-refractivity contribution is 7.89. The number of piperazine rings is 1. The second-order valence-electron chi connectivity index (χ2n) is 4.15. The lowest BCUT2D eigenvalue weighted by molar-refractivity contribution is -0.148. The van der Waals surface area contributed by atoms with Crippen LogP contribution >= 0.6 is 11.6 Å². The monoisotopic (exact) mass is 308 g/mol. The minimum absolute atomic E-state index is 0.0459. The minimum Gasteiger partial charge on any atom is -0.292 e. The predicted octanol–water partition coefficient (Wildman–Crippen LogP) is 1.13. The molecule has 0 aliphatic carbocycles. The van der Waals surface area contributed by atoms with Crippen molar-refractivity contribution in [1.29, 1.82) is 0 Å². The maximum Gasteiger partial charge on any atom is 0.401 e. The fourth-order valence-corrected chi connectivity index (χ4v) is 3.56. The number of alkyl halides is 4. The van der Waals surface area contributed by atoms with Gasteiger partial charge in [-0.2, -0.15) is 17.5 Å². The van der Waals surface area contributed by atoms with E-state index in [1.165, 1.54) is 9.21 Å². The first-order valence-electron chi connectivity index (χ1n) is 5.57. The first-order valence-corrected chi connectivity index (χ1v) is 7.72. The van der Waals surface area contributed by atoms with Gasteiger partial charge in [0.15, 0.2) is 0 Å². The van der Waals surface area contributed by atoms with Crippen molar-refractivity contribution < 1.29 is 21.6 Å². The van der Waals surface area contributed by atoms with Crippen molar-refractivity contribution in [3.63, 3.8) is 0 Å². The van der Waals surface area contributed by atoms with Gasteiger partial charge in [0.05, 0.1) is 12.3 Å². The molecule has 0 amide bonds. The van der Waals surface area contributed by atoms with Crippen LogP contribution in [0.1, 0.15) is 6.42 Å². The third-order valence-corrected chi connectivity index (χ3v) is 4.89. The lowest BCUT2D eigenvalue weighted by Gasteiger charge is -2.34. The van der Waals surface area contributed by atoms with Gasteiger partial charge in [-0.15, -0.1) is 11.6 Å². The summed E-state index contributed by atoms with van der Waals surface area (Å²) in [6.07, 6.45) is -3.88. The average Bonchev–Trinajstić information content (AvgIpc) is 2.25. The lowest BCUT2D eigenvalue weighted by atomic mass is 10.3. The second-order valence-corrected chi connectivity index (χ2v) is 6.62. The van der Waals surface area contributed by atoms with E-state index in [-0.39, 0.29) is 37.8 Å². The van der Waals surface area contributed by atoms with Gasteiger partial charge < -0.3 is 0 Å². The molecule has 0 radical (unpaired) electrons. The molecule has 1 fully saturated rings. The highest BCUT2D eigenvalue weighted by Crippen LogP contribution is 2.18. The number of sulfonamides is 1. The average molecular weight is 309 g/mol. The Balaban J connectivity index is 2.44. The first-order chi connectivity index (χ1) is 8.24. The van der Waals surface area contributed by atoms with Gasteiger partial charge in [0.2, 0.25) is 10.0 Å². The Morgan fingerprint density at radius 3 is 2.11 bits per heavy atom. The van der Waals surface area contributed by atoms with Crippen LogP contribution in [0.15, 0.2) is 0 Å². The molecule has 0 atom stereocenters. The number of hydrogen-bond donors (Lipinski definition) is 0. The maximum absolute atomic E-state index is 12.1. The van der Waals surface area contributed by atoms with Gasteiger partial charge in [0.25, 0.3) is 0 Å². The molecule has 0 saturated carbocycles. The van der Waals surface area contributed by atoms with Crippen molar-refractivity contribution in [3.8, 4) is 0 Å². The zero-order valence-electron chi connectivity index (χ0n) is 9.79. The fraction of sp³-hybridized carbons (Fsp3) is 1.00. The molecule has 1 aliphatic rings. The zero-order valence-corrected chi connectivity index (χ0v) is 11.4. The van der Waals surface area contributed by atoms with Gasteiger partial charge in [-0.25, -0.2) is 8.42 Å². The van der Waals surface area contributed by atoms with E-state index in [4.69, 9.17) is 11.6 Å². The van der Waals surface area contributed by atoms with Gasteiger partial charge in [0.1, 0.15) is 0 Å². The van der Waals surface area contributed by atoms with E-state index in [0.717, 1.165) is 0 Å². The highest BCUT2D eigenvalue weighted by Gasteiger charge is 2.34. The van der Waals surface area contributed by atoms with E-state index in [1.54, 1.807) is 0 Å². The first kappa shape index (κ1) is 16.0. The lowest BCUT2D eigenvalue weighted by Crippen LogP contribution is -2.51. The molecular weight excluding hydrogens is 293 g/mol. The fourth-order valence-electron chi connectivity index (χ4n) is 1.79. The van der Waals surface area contributed by atoms with Crippen LogP contribution in [-0.2, 0) is 10.0 Å². The molecule has 18 heavy (non-hydrogen) atoms. The summed E-state index contributed by atoms with van der Waals surface area (Å²) in [6, 6.07) is 0. The summed E-state index contributed by atoms with van der Waals surface area (Å²) in [7, 11) is -3.37. The van der Waals surface area contributed by atoms with Gasteiger partial charge >= 0.3 is 6.18 Å². The van der Waals surface area contributed by atoms with E-state index in [1.807, 2.05) is 0 Å². The van der Waals surface area contributed by atoms with Crippen LogP contribution in [0.5, 0.6) is 0 Å². The molecule has 0 bridgehead atoms. The van der Waals surface area contributed by atoms with Crippen LogP contribution < -0.4 is 0 Å². The van der Waals surface area contributed by atoms with Crippen molar-refractivity contribution >= 4 is 21.6 Å². The Morgan fingerprint density at radius 2 is 1.67 bits per heavy atom. The quantitative estimate of drug-likeness (QED) is 0.715. The predicted molar refractivity (Wildman–Crippen MR) is 63.2 cm³/mol. The standard InChI is InChI=1S/C9H16ClF3N2O2S/c10-2-1-7-18(16,17)15-5-3-14(4-6-15)8-9(11,12)13/h1-8H2. The summed E-state index contributed by atoms with van der Waals surface area (Å²) in [5.74, 6) is 0.211. The summed E-state index contributed by atoms with van der Waals surface area (Å²) in [5.41, 5.74) is 0. The third-order valence-electron chi connectivity index (χ3n) is 2.66. The molecule has 0 spiro atoms. The van der Waals surface area contributed by atoms with Crippen molar-refractivity contribution in [2.45, 2.75) is 12.6 Å². The molecule has 1 saturated heterocycles. The Hall–Kier alpha value is -0.0500. The van der Waals surface area contributed by atoms with E-state index in [0.29, 0.717) is 6.42 Å². The smallest absolute Gasteiger partial charge is 0.292 e. The SMILES string of the molecule is O=S(=O)(CCCCl)N1CCN(CC(F)(F)F)CC1. The van der Waals surface area contributed by atoms with Crippen molar-refractivity contribution in [2.75, 3.05) is 44.4 Å². The number of halogens is 4. The normalized spacial score (nSPS) is 20.2. The summed E-state index contributed by atoms with van der Waals surface area (Å²) in [4.78, 5) is 1.22. The second kappa shape index (κ2) is 6.40. The molecule has 0 N–H and O–H groups in total. The Labute approximate surface area is 110 Å². The Morgan fingerprint density at radius 1 is 1.11 bits per heavy atom. The molecular formula is C9H16ClF3N2O2S. The topological polar surface area (TPSA) is 40.6 Å². The van der Waals surface area contributed by atoms with Gasteiger partial charge in [-0.1, -0.05) is 0 Å². The zero-order chi connectivity index (χ0) is 13.8. The molecule has 4 nitrogen and oxygen atoms in total. The van der Waals surface area contributed by atoms with E-state index < -0.39 is 22.7 Å². The minimum atomic E-state index is -4.24. The van der Waals surface area contributed by atoms with Crippen molar-refractivity contribution in [2.24, 2.45) is 0 Å². The van der Waals surface area contributed by atoms with E-state index in [2.05, 4.69) is 0 Å². The van der Waals surface area contributed by atoms with Crippen molar-refractivity contribution in [1.82, 2.24) is 9.21 Å². The van der Waals surface area contributed by atoms with Gasteiger partial charge in [0, 0.05) is 32.1 Å². The summed E-state index contributed by atoms with van der Waals surface area (Å²) in [5, 5.41) is 0. The molecule has 9 heteroatoms. The Bertz CT molecular complexity index is 353. The van der Waals surface area contributed by atoms with Crippen LogP contribution in [-0.4, -0.2) is 68.2 Å². The molecule has 0 aromatic rings. The van der Waals surface area contributed by atoms with Crippen LogP contribution in [0.3, 0.4) is 0 Å². The molecule has 1 rings (SSSR count). The van der Waals surface area contributed by atoms with Crippen LogP contribution in [0.25, 0.3) is 0 Å². The molecule has 108 valence electrons. The van der Waals surface area contributed by atoms with Crippen LogP contribution in [0, 0.1) is 0 Å². The molecule has 1 aliphatic heterocycles. The molecule has 0 aromatic heterocycles. The highest BCUT2D eigenvalue weighted by atomic mass is 35.5. The van der Waals surface area contributed by atoms with E-state index >= 15 is 0 Å². The summed E-state index contributed by atoms with van der Waals surface area (Å²) >= 11 is 5.43. The molecule has 0 aromatic carbocycles. The maximum atomic E-state index is 12.1. The van der Waals surface area contributed by atoms with Crippen LogP contribution in [0.4, 0.5) is 13.2 Å². The number of rotatable bonds is 5. The third kappa shape index (κ3) is 5.29. The number of hydrogen-bond acceptors (Lipinski definition) is 3. The van der Waals surface area contributed by atoms with Gasteiger partial charge in [-0.3, -0.25) is 4.90 Å². The van der Waals surface area contributed by atoms with E-state index in [9.17, 15) is 21.6 Å². The molecule has 0 unspecified atom stereocenters. The van der Waals surface area contributed by atoms with Gasteiger partial charge in [-0.05, 0) is 6.42 Å². The van der Waals surface area contributed by atoms with Crippen molar-refractivity contribution in [3.05, 3.63) is 0 Å². The largest absolute Gasteiger partial charge is 0.401 e. The number of nitrogens with zero attached hydrogens (tertiary/aromatic N) is 2. The summed E-state index contributed by atoms with van der Waals surface area (Å²) in [6.45, 7) is -0.538. The molecule has 1 heterocycles. The van der Waals surface area contributed by atoms with Crippen LogP contribution in [0.2, 0.25) is 0 Å².